The first kappa shape index (κ1) is 13.7. The van der Waals surface area contributed by atoms with Crippen molar-refractivity contribution in [2.75, 3.05) is 12.3 Å². The third kappa shape index (κ3) is 2.99. The molecular formula is C12H16N4O2S. The Kier molecular flexibility index (Phi) is 4.28. The Bertz CT molecular complexity index is 584. The SMILES string of the molecule is CCC(O)CCNC(=O)c1sc2nnccc2c1N. The van der Waals surface area contributed by atoms with Crippen molar-refractivity contribution >= 4 is 33.1 Å². The summed E-state index contributed by atoms with van der Waals surface area (Å²) in [5.74, 6) is -0.233. The summed E-state index contributed by atoms with van der Waals surface area (Å²) < 4.78 is 0. The summed E-state index contributed by atoms with van der Waals surface area (Å²) in [5, 5.41) is 20.6. The van der Waals surface area contributed by atoms with Crippen molar-refractivity contribution in [3.05, 3.63) is 17.1 Å². The summed E-state index contributed by atoms with van der Waals surface area (Å²) in [7, 11) is 0. The van der Waals surface area contributed by atoms with E-state index in [9.17, 15) is 9.90 Å². The second-order valence-electron chi connectivity index (χ2n) is 4.20. The molecule has 1 unspecified atom stereocenters. The highest BCUT2D eigenvalue weighted by molar-refractivity contribution is 7.21. The van der Waals surface area contributed by atoms with Crippen molar-refractivity contribution in [3.63, 3.8) is 0 Å². The minimum atomic E-state index is -0.383. The molecule has 102 valence electrons. The lowest BCUT2D eigenvalue weighted by molar-refractivity contribution is 0.0947. The topological polar surface area (TPSA) is 101 Å². The molecule has 0 fully saturated rings. The highest BCUT2D eigenvalue weighted by Gasteiger charge is 2.16. The summed E-state index contributed by atoms with van der Waals surface area (Å²) in [4.78, 5) is 13.1. The van der Waals surface area contributed by atoms with E-state index < -0.39 is 0 Å². The van der Waals surface area contributed by atoms with Crippen molar-refractivity contribution in [2.24, 2.45) is 0 Å². The van der Waals surface area contributed by atoms with E-state index in [4.69, 9.17) is 5.73 Å². The van der Waals surface area contributed by atoms with Crippen molar-refractivity contribution in [2.45, 2.75) is 25.9 Å². The molecule has 2 aromatic heterocycles. The number of hydrogen-bond acceptors (Lipinski definition) is 6. The quantitative estimate of drug-likeness (QED) is 0.763. The maximum absolute atomic E-state index is 12.0. The number of rotatable bonds is 5. The van der Waals surface area contributed by atoms with Crippen LogP contribution in [0.15, 0.2) is 12.3 Å². The lowest BCUT2D eigenvalue weighted by Crippen LogP contribution is -2.26. The summed E-state index contributed by atoms with van der Waals surface area (Å²) in [6.45, 7) is 2.32. The highest BCUT2D eigenvalue weighted by atomic mass is 32.1. The van der Waals surface area contributed by atoms with E-state index in [0.29, 0.717) is 34.8 Å². The van der Waals surface area contributed by atoms with Crippen molar-refractivity contribution in [1.29, 1.82) is 0 Å². The van der Waals surface area contributed by atoms with Gasteiger partial charge in [0.15, 0.2) is 0 Å². The second-order valence-corrected chi connectivity index (χ2v) is 5.20. The van der Waals surface area contributed by atoms with Gasteiger partial charge in [-0.25, -0.2) is 0 Å². The zero-order valence-electron chi connectivity index (χ0n) is 10.6. The lowest BCUT2D eigenvalue weighted by atomic mass is 10.2. The van der Waals surface area contributed by atoms with Crippen molar-refractivity contribution < 1.29 is 9.90 Å². The molecule has 2 rings (SSSR count). The number of thiophene rings is 1. The Morgan fingerprint density at radius 3 is 3.11 bits per heavy atom. The van der Waals surface area contributed by atoms with Crippen LogP contribution in [0.1, 0.15) is 29.4 Å². The van der Waals surface area contributed by atoms with Gasteiger partial charge in [-0.3, -0.25) is 4.79 Å². The first-order valence-corrected chi connectivity index (χ1v) is 6.91. The molecular weight excluding hydrogens is 264 g/mol. The Hall–Kier alpha value is -1.73. The number of aromatic nitrogens is 2. The van der Waals surface area contributed by atoms with Gasteiger partial charge in [0.1, 0.15) is 9.71 Å². The van der Waals surface area contributed by atoms with Crippen LogP contribution in [-0.2, 0) is 0 Å². The van der Waals surface area contributed by atoms with Crippen LogP contribution < -0.4 is 11.1 Å². The van der Waals surface area contributed by atoms with Gasteiger partial charge in [0.05, 0.1) is 18.0 Å². The maximum Gasteiger partial charge on any atom is 0.263 e. The van der Waals surface area contributed by atoms with Gasteiger partial charge in [0.25, 0.3) is 5.91 Å². The number of aliphatic hydroxyl groups is 1. The minimum absolute atomic E-state index is 0.233. The molecule has 2 aromatic rings. The third-order valence-corrected chi connectivity index (χ3v) is 3.97. The zero-order valence-corrected chi connectivity index (χ0v) is 11.4. The number of aliphatic hydroxyl groups excluding tert-OH is 1. The Labute approximate surface area is 114 Å². The van der Waals surface area contributed by atoms with E-state index in [-0.39, 0.29) is 12.0 Å². The number of nitrogens with one attached hydrogen (secondary N) is 1. The van der Waals surface area contributed by atoms with Gasteiger partial charge in [-0.2, -0.15) is 5.10 Å². The molecule has 0 aliphatic heterocycles. The van der Waals surface area contributed by atoms with Crippen molar-refractivity contribution in [1.82, 2.24) is 15.5 Å². The van der Waals surface area contributed by atoms with E-state index in [2.05, 4.69) is 15.5 Å². The fourth-order valence-corrected chi connectivity index (χ4v) is 2.63. The molecule has 0 saturated carbocycles. The predicted octanol–water partition coefficient (Wildman–Crippen LogP) is 1.16. The van der Waals surface area contributed by atoms with E-state index in [1.54, 1.807) is 12.3 Å². The molecule has 1 amide bonds. The molecule has 0 bridgehead atoms. The minimum Gasteiger partial charge on any atom is -0.397 e. The van der Waals surface area contributed by atoms with Gasteiger partial charge in [0.2, 0.25) is 0 Å². The average molecular weight is 280 g/mol. The van der Waals surface area contributed by atoms with Crippen LogP contribution in [0.2, 0.25) is 0 Å². The molecule has 1 atom stereocenters. The molecule has 0 aliphatic rings. The van der Waals surface area contributed by atoms with Crippen LogP contribution in [0.4, 0.5) is 5.69 Å². The Morgan fingerprint density at radius 2 is 2.42 bits per heavy atom. The van der Waals surface area contributed by atoms with Crippen LogP contribution in [0.25, 0.3) is 10.2 Å². The number of nitrogen functional groups attached to an aromatic ring is 1. The number of carbonyl (C=O) groups excluding carboxylic acids is 1. The van der Waals surface area contributed by atoms with Crippen LogP contribution in [0, 0.1) is 0 Å². The molecule has 0 radical (unpaired) electrons. The molecule has 0 saturated heterocycles. The largest absolute Gasteiger partial charge is 0.397 e. The third-order valence-electron chi connectivity index (χ3n) is 2.86. The van der Waals surface area contributed by atoms with E-state index in [1.807, 2.05) is 6.92 Å². The highest BCUT2D eigenvalue weighted by Crippen LogP contribution is 2.31. The van der Waals surface area contributed by atoms with Crippen LogP contribution in [0.5, 0.6) is 0 Å². The average Bonchev–Trinajstić information content (AvgIpc) is 2.76. The first-order valence-electron chi connectivity index (χ1n) is 6.09. The van der Waals surface area contributed by atoms with Crippen LogP contribution in [0.3, 0.4) is 0 Å². The summed E-state index contributed by atoms with van der Waals surface area (Å²) in [6, 6.07) is 1.74. The van der Waals surface area contributed by atoms with E-state index in [0.717, 1.165) is 5.39 Å². The van der Waals surface area contributed by atoms with Crippen molar-refractivity contribution in [3.8, 4) is 0 Å². The number of anilines is 1. The molecule has 0 aliphatic carbocycles. The predicted molar refractivity (Wildman–Crippen MR) is 75.1 cm³/mol. The Morgan fingerprint density at radius 1 is 1.63 bits per heavy atom. The summed E-state index contributed by atoms with van der Waals surface area (Å²) in [5.41, 5.74) is 6.36. The molecule has 7 heteroatoms. The molecule has 2 heterocycles. The zero-order chi connectivity index (χ0) is 13.8. The van der Waals surface area contributed by atoms with Gasteiger partial charge in [-0.15, -0.1) is 16.4 Å². The van der Waals surface area contributed by atoms with Gasteiger partial charge in [-0.05, 0) is 18.9 Å². The molecule has 4 N–H and O–H groups in total. The van der Waals surface area contributed by atoms with Crippen LogP contribution in [-0.4, -0.2) is 33.9 Å². The van der Waals surface area contributed by atoms with E-state index >= 15 is 0 Å². The monoisotopic (exact) mass is 280 g/mol. The summed E-state index contributed by atoms with van der Waals surface area (Å²) in [6.07, 6.45) is 2.37. The smallest absolute Gasteiger partial charge is 0.263 e. The van der Waals surface area contributed by atoms with Gasteiger partial charge >= 0.3 is 0 Å². The van der Waals surface area contributed by atoms with Crippen LogP contribution >= 0.6 is 11.3 Å². The van der Waals surface area contributed by atoms with E-state index in [1.165, 1.54) is 11.3 Å². The number of nitrogens with zero attached hydrogens (tertiary/aromatic N) is 2. The number of carbonyl (C=O) groups is 1. The maximum atomic E-state index is 12.0. The molecule has 0 aromatic carbocycles. The fraction of sp³-hybridized carbons (Fsp3) is 0.417. The van der Waals surface area contributed by atoms with Gasteiger partial charge < -0.3 is 16.2 Å². The second kappa shape index (κ2) is 5.94. The lowest BCUT2D eigenvalue weighted by Gasteiger charge is -2.08. The fourth-order valence-electron chi connectivity index (χ4n) is 1.68. The Balaban J connectivity index is 2.07. The number of fused-ring (bicyclic) bond motifs is 1. The molecule has 6 nitrogen and oxygen atoms in total. The first-order chi connectivity index (χ1) is 9.13. The summed E-state index contributed by atoms with van der Waals surface area (Å²) >= 11 is 1.22. The molecule has 0 spiro atoms. The number of amides is 1. The molecule has 19 heavy (non-hydrogen) atoms. The normalized spacial score (nSPS) is 12.5. The number of nitrogens with two attached hydrogens (primary N) is 1. The standard InChI is InChI=1S/C12H16N4O2S/c1-2-7(17)3-5-14-11(18)10-9(13)8-4-6-15-16-12(8)19-10/h4,6-7,17H,2-3,5,13H2,1H3,(H,14,18). The van der Waals surface area contributed by atoms with Gasteiger partial charge in [0, 0.05) is 11.9 Å². The van der Waals surface area contributed by atoms with Gasteiger partial charge in [-0.1, -0.05) is 6.92 Å². The number of hydrogen-bond donors (Lipinski definition) is 3.